The molecule has 0 aliphatic rings. The molecule has 0 unspecified atom stereocenters. The Morgan fingerprint density at radius 2 is 2.04 bits per heavy atom. The zero-order valence-corrected chi connectivity index (χ0v) is 12.6. The third-order valence-corrected chi connectivity index (χ3v) is 3.24. The van der Waals surface area contributed by atoms with Crippen LogP contribution in [-0.4, -0.2) is 25.7 Å². The van der Waals surface area contributed by atoms with Crippen molar-refractivity contribution in [3.05, 3.63) is 53.7 Å². The molecule has 9 heteroatoms. The number of nitrogen functional groups attached to an aromatic ring is 1. The summed E-state index contributed by atoms with van der Waals surface area (Å²) in [4.78, 5) is 19.4. The summed E-state index contributed by atoms with van der Waals surface area (Å²) < 4.78 is 20.3. The number of nitrogens with zero attached hydrogens (tertiary/aromatic N) is 4. The summed E-state index contributed by atoms with van der Waals surface area (Å²) in [5, 5.41) is 4.14. The number of aryl methyl sites for hydroxylation is 1. The summed E-state index contributed by atoms with van der Waals surface area (Å²) in [5.41, 5.74) is 11.7. The minimum absolute atomic E-state index is 0.0181. The predicted molar refractivity (Wildman–Crippen MR) is 83.3 cm³/mol. The maximum atomic E-state index is 13.7. The van der Waals surface area contributed by atoms with E-state index in [-0.39, 0.29) is 28.8 Å². The van der Waals surface area contributed by atoms with Crippen molar-refractivity contribution in [3.8, 4) is 17.4 Å². The highest BCUT2D eigenvalue weighted by Gasteiger charge is 2.19. The number of ether oxygens (including phenoxy) is 1. The number of amides is 1. The number of anilines is 1. The molecule has 1 aromatic carbocycles. The number of para-hydroxylation sites is 1. The van der Waals surface area contributed by atoms with E-state index in [0.717, 1.165) is 0 Å². The average Bonchev–Trinajstić information content (AvgIpc) is 2.85. The number of hydrogen-bond acceptors (Lipinski definition) is 6. The van der Waals surface area contributed by atoms with Gasteiger partial charge in [0.05, 0.1) is 5.69 Å². The lowest BCUT2D eigenvalue weighted by Gasteiger charge is -2.07. The van der Waals surface area contributed by atoms with Crippen LogP contribution in [0, 0.1) is 12.7 Å². The van der Waals surface area contributed by atoms with Crippen LogP contribution in [-0.2, 0) is 0 Å². The molecule has 8 nitrogen and oxygen atoms in total. The molecule has 0 spiro atoms. The van der Waals surface area contributed by atoms with Gasteiger partial charge in [-0.15, -0.1) is 0 Å². The van der Waals surface area contributed by atoms with Crippen LogP contribution in [0.4, 0.5) is 10.2 Å². The van der Waals surface area contributed by atoms with Crippen molar-refractivity contribution in [2.24, 2.45) is 5.73 Å². The summed E-state index contributed by atoms with van der Waals surface area (Å²) in [6, 6.07) is 7.33. The molecule has 24 heavy (non-hydrogen) atoms. The molecule has 4 N–H and O–H groups in total. The summed E-state index contributed by atoms with van der Waals surface area (Å²) in [5.74, 6) is -0.792. The molecule has 0 saturated heterocycles. The van der Waals surface area contributed by atoms with Crippen molar-refractivity contribution >= 4 is 11.7 Å². The van der Waals surface area contributed by atoms with Crippen LogP contribution in [0.1, 0.15) is 16.1 Å². The van der Waals surface area contributed by atoms with Gasteiger partial charge in [0.25, 0.3) is 5.91 Å². The quantitative estimate of drug-likeness (QED) is 0.750. The summed E-state index contributed by atoms with van der Waals surface area (Å²) in [6.45, 7) is 1.60. The second-order valence-electron chi connectivity index (χ2n) is 4.87. The molecule has 0 aliphatic heterocycles. The number of carbonyl (C=O) groups is 1. The molecule has 0 aliphatic carbocycles. The first-order valence-corrected chi connectivity index (χ1v) is 6.87. The van der Waals surface area contributed by atoms with E-state index in [0.29, 0.717) is 5.69 Å². The van der Waals surface area contributed by atoms with E-state index in [1.54, 1.807) is 19.1 Å². The van der Waals surface area contributed by atoms with Crippen LogP contribution < -0.4 is 16.2 Å². The maximum absolute atomic E-state index is 13.7. The zero-order chi connectivity index (χ0) is 17.3. The Balaban J connectivity index is 1.99. The topological polar surface area (TPSA) is 122 Å². The van der Waals surface area contributed by atoms with Crippen LogP contribution >= 0.6 is 0 Å². The van der Waals surface area contributed by atoms with Crippen LogP contribution in [0.3, 0.4) is 0 Å². The van der Waals surface area contributed by atoms with E-state index in [2.05, 4.69) is 15.1 Å². The lowest BCUT2D eigenvalue weighted by molar-refractivity contribution is 0.100. The van der Waals surface area contributed by atoms with Crippen molar-refractivity contribution in [1.82, 2.24) is 19.7 Å². The second kappa shape index (κ2) is 5.95. The molecule has 122 valence electrons. The van der Waals surface area contributed by atoms with E-state index in [4.69, 9.17) is 16.2 Å². The number of halogens is 1. The number of nitrogens with two attached hydrogens (primary N) is 2. The fourth-order valence-corrected chi connectivity index (χ4v) is 2.17. The van der Waals surface area contributed by atoms with Gasteiger partial charge in [-0.25, -0.2) is 14.4 Å². The largest absolute Gasteiger partial charge is 0.436 e. The van der Waals surface area contributed by atoms with E-state index in [9.17, 15) is 9.18 Å². The Bertz CT molecular complexity index is 924. The van der Waals surface area contributed by atoms with Gasteiger partial charge < -0.3 is 16.2 Å². The lowest BCUT2D eigenvalue weighted by atomic mass is 10.2. The van der Waals surface area contributed by atoms with E-state index in [1.165, 1.54) is 29.2 Å². The van der Waals surface area contributed by atoms with Gasteiger partial charge >= 0.3 is 0 Å². The Labute approximate surface area is 135 Å². The SMILES string of the molecule is Cc1nn(-c2cc(Oc3ccccc3F)ncn2)c(N)c1C(N)=O. The van der Waals surface area contributed by atoms with Gasteiger partial charge in [-0.3, -0.25) is 4.79 Å². The third kappa shape index (κ3) is 2.74. The van der Waals surface area contributed by atoms with Crippen molar-refractivity contribution < 1.29 is 13.9 Å². The van der Waals surface area contributed by atoms with Crippen LogP contribution in [0.15, 0.2) is 36.7 Å². The normalized spacial score (nSPS) is 10.6. The minimum Gasteiger partial charge on any atom is -0.436 e. The maximum Gasteiger partial charge on any atom is 0.254 e. The highest BCUT2D eigenvalue weighted by atomic mass is 19.1. The molecule has 0 saturated carbocycles. The van der Waals surface area contributed by atoms with Gasteiger partial charge in [0.15, 0.2) is 17.4 Å². The number of aromatic nitrogens is 4. The van der Waals surface area contributed by atoms with Gasteiger partial charge in [-0.2, -0.15) is 9.78 Å². The molecule has 0 radical (unpaired) electrons. The van der Waals surface area contributed by atoms with Crippen molar-refractivity contribution in [3.63, 3.8) is 0 Å². The smallest absolute Gasteiger partial charge is 0.254 e. The molecule has 0 atom stereocenters. The van der Waals surface area contributed by atoms with Gasteiger partial charge in [0.2, 0.25) is 5.88 Å². The second-order valence-corrected chi connectivity index (χ2v) is 4.87. The highest BCUT2D eigenvalue weighted by molar-refractivity contribution is 5.98. The molecule has 2 aromatic heterocycles. The third-order valence-electron chi connectivity index (χ3n) is 3.24. The molecular weight excluding hydrogens is 315 g/mol. The van der Waals surface area contributed by atoms with Gasteiger partial charge in [0, 0.05) is 6.07 Å². The van der Waals surface area contributed by atoms with Gasteiger partial charge in [0.1, 0.15) is 17.7 Å². The van der Waals surface area contributed by atoms with E-state index < -0.39 is 11.7 Å². The number of benzene rings is 1. The number of rotatable bonds is 4. The summed E-state index contributed by atoms with van der Waals surface area (Å²) >= 11 is 0. The van der Waals surface area contributed by atoms with Crippen LogP contribution in [0.5, 0.6) is 11.6 Å². The standard InChI is InChI=1S/C15H13FN6O2/c1-8-13(15(18)23)14(17)22(21-8)11-6-12(20-7-19-11)24-10-5-3-2-4-9(10)16/h2-7H,17H2,1H3,(H2,18,23). The first-order valence-electron chi connectivity index (χ1n) is 6.87. The fourth-order valence-electron chi connectivity index (χ4n) is 2.17. The molecular formula is C15H13FN6O2. The summed E-state index contributed by atoms with van der Waals surface area (Å²) in [6.07, 6.45) is 1.21. The van der Waals surface area contributed by atoms with Crippen molar-refractivity contribution in [2.45, 2.75) is 6.92 Å². The predicted octanol–water partition coefficient (Wildman–Crippen LogP) is 1.58. The Morgan fingerprint density at radius 3 is 2.71 bits per heavy atom. The Kier molecular flexibility index (Phi) is 3.82. The zero-order valence-electron chi connectivity index (χ0n) is 12.6. The Hall–Kier alpha value is -3.49. The van der Waals surface area contributed by atoms with Crippen molar-refractivity contribution in [1.29, 1.82) is 0 Å². The molecule has 3 rings (SSSR count). The highest BCUT2D eigenvalue weighted by Crippen LogP contribution is 2.25. The first-order chi connectivity index (χ1) is 11.5. The molecule has 1 amide bonds. The van der Waals surface area contributed by atoms with Crippen LogP contribution in [0.25, 0.3) is 5.82 Å². The average molecular weight is 328 g/mol. The van der Waals surface area contributed by atoms with Gasteiger partial charge in [-0.05, 0) is 19.1 Å². The lowest BCUT2D eigenvalue weighted by Crippen LogP contribution is -2.14. The number of hydrogen-bond donors (Lipinski definition) is 2. The molecule has 3 aromatic rings. The summed E-state index contributed by atoms with van der Waals surface area (Å²) in [7, 11) is 0. The van der Waals surface area contributed by atoms with Crippen LogP contribution in [0.2, 0.25) is 0 Å². The molecule has 0 bridgehead atoms. The van der Waals surface area contributed by atoms with Gasteiger partial charge in [-0.1, -0.05) is 12.1 Å². The van der Waals surface area contributed by atoms with E-state index in [1.807, 2.05) is 0 Å². The minimum atomic E-state index is -0.687. The fraction of sp³-hybridized carbons (Fsp3) is 0.0667. The number of carbonyl (C=O) groups excluding carboxylic acids is 1. The van der Waals surface area contributed by atoms with Crippen molar-refractivity contribution in [2.75, 3.05) is 5.73 Å². The molecule has 0 fully saturated rings. The molecule has 2 heterocycles. The Morgan fingerprint density at radius 1 is 1.29 bits per heavy atom. The first kappa shape index (κ1) is 15.4. The number of primary amides is 1. The van der Waals surface area contributed by atoms with E-state index >= 15 is 0 Å². The monoisotopic (exact) mass is 328 g/mol.